The van der Waals surface area contributed by atoms with Crippen molar-refractivity contribution in [1.29, 1.82) is 0 Å². The van der Waals surface area contributed by atoms with Gasteiger partial charge in [-0.3, -0.25) is 4.79 Å². The molecule has 1 amide bonds. The molecule has 0 aliphatic carbocycles. The average molecular weight is 298 g/mol. The van der Waals surface area contributed by atoms with Crippen molar-refractivity contribution in [2.75, 3.05) is 25.0 Å². The van der Waals surface area contributed by atoms with E-state index in [0.29, 0.717) is 22.9 Å². The van der Waals surface area contributed by atoms with Gasteiger partial charge in [0.15, 0.2) is 0 Å². The number of carbonyl (C=O) groups excluding carboxylic acids is 1. The van der Waals surface area contributed by atoms with Crippen LogP contribution in [0.25, 0.3) is 0 Å². The quantitative estimate of drug-likeness (QED) is 0.793. The molecule has 0 spiro atoms. The molecule has 0 aliphatic heterocycles. The van der Waals surface area contributed by atoms with Crippen molar-refractivity contribution in [3.63, 3.8) is 0 Å². The first-order valence-corrected chi connectivity index (χ1v) is 7.70. The highest BCUT2D eigenvalue weighted by Gasteiger charge is 2.15. The molecule has 0 aliphatic rings. The molecule has 112 valence electrons. The number of hydrogen-bond donors (Lipinski definition) is 1. The highest BCUT2D eigenvalue weighted by atomic mass is 35.5. The SMILES string of the molecule is CCCCN(CC)C(=O)c1cnc(NCCC)c(Cl)c1. The number of carbonyl (C=O) groups is 1. The molecule has 0 bridgehead atoms. The van der Waals surface area contributed by atoms with E-state index in [4.69, 9.17) is 11.6 Å². The molecule has 4 nitrogen and oxygen atoms in total. The maximum Gasteiger partial charge on any atom is 0.255 e. The Bertz CT molecular complexity index is 437. The predicted octanol–water partition coefficient (Wildman–Crippen LogP) is 3.82. The van der Waals surface area contributed by atoms with Crippen LogP contribution >= 0.6 is 11.6 Å². The standard InChI is InChI=1S/C15H24ClN3O/c1-4-7-9-19(6-3)15(20)12-10-13(16)14(18-11-12)17-8-5-2/h10-11H,4-9H2,1-3H3,(H,17,18). The fraction of sp³-hybridized carbons (Fsp3) is 0.600. The summed E-state index contributed by atoms with van der Waals surface area (Å²) < 4.78 is 0. The van der Waals surface area contributed by atoms with Gasteiger partial charge < -0.3 is 10.2 Å². The second kappa shape index (κ2) is 8.80. The minimum Gasteiger partial charge on any atom is -0.369 e. The first kappa shape index (κ1) is 16.8. The van der Waals surface area contributed by atoms with Crippen molar-refractivity contribution in [2.24, 2.45) is 0 Å². The van der Waals surface area contributed by atoms with Gasteiger partial charge in [-0.05, 0) is 25.8 Å². The summed E-state index contributed by atoms with van der Waals surface area (Å²) in [5.74, 6) is 0.638. The number of halogens is 1. The molecule has 20 heavy (non-hydrogen) atoms. The maximum atomic E-state index is 12.4. The second-order valence-electron chi connectivity index (χ2n) is 4.72. The summed E-state index contributed by atoms with van der Waals surface area (Å²) in [4.78, 5) is 18.4. The van der Waals surface area contributed by atoms with Gasteiger partial charge in [-0.25, -0.2) is 4.98 Å². The maximum absolute atomic E-state index is 12.4. The number of hydrogen-bond acceptors (Lipinski definition) is 3. The Morgan fingerprint density at radius 3 is 2.65 bits per heavy atom. The molecule has 5 heteroatoms. The molecule has 1 rings (SSSR count). The lowest BCUT2D eigenvalue weighted by Crippen LogP contribution is -2.31. The van der Waals surface area contributed by atoms with Crippen LogP contribution in [0.2, 0.25) is 5.02 Å². The number of rotatable bonds is 8. The molecule has 0 radical (unpaired) electrons. The van der Waals surface area contributed by atoms with Gasteiger partial charge in [-0.15, -0.1) is 0 Å². The predicted molar refractivity (Wildman–Crippen MR) is 84.5 cm³/mol. The third-order valence-corrected chi connectivity index (χ3v) is 3.37. The molecule has 0 atom stereocenters. The molecule has 0 unspecified atom stereocenters. The van der Waals surface area contributed by atoms with Gasteiger partial charge in [-0.2, -0.15) is 0 Å². The van der Waals surface area contributed by atoms with Crippen molar-refractivity contribution < 1.29 is 4.79 Å². The zero-order chi connectivity index (χ0) is 15.0. The molecule has 1 heterocycles. The highest BCUT2D eigenvalue weighted by Crippen LogP contribution is 2.21. The van der Waals surface area contributed by atoms with E-state index in [2.05, 4.69) is 24.1 Å². The van der Waals surface area contributed by atoms with Crippen LogP contribution in [0.4, 0.5) is 5.82 Å². The van der Waals surface area contributed by atoms with E-state index >= 15 is 0 Å². The van der Waals surface area contributed by atoms with Gasteiger partial charge in [0.2, 0.25) is 0 Å². The number of amides is 1. The van der Waals surface area contributed by atoms with E-state index in [0.717, 1.165) is 32.4 Å². The molecule has 1 N–H and O–H groups in total. The molecule has 0 saturated carbocycles. The Hall–Kier alpha value is -1.29. The van der Waals surface area contributed by atoms with Crippen molar-refractivity contribution in [3.05, 3.63) is 22.8 Å². The number of unbranched alkanes of at least 4 members (excludes halogenated alkanes) is 1. The Morgan fingerprint density at radius 2 is 2.10 bits per heavy atom. The van der Waals surface area contributed by atoms with Gasteiger partial charge >= 0.3 is 0 Å². The van der Waals surface area contributed by atoms with Crippen molar-refractivity contribution >= 4 is 23.3 Å². The minimum absolute atomic E-state index is 0.00242. The van der Waals surface area contributed by atoms with Gasteiger partial charge in [0.25, 0.3) is 5.91 Å². The summed E-state index contributed by atoms with van der Waals surface area (Å²) in [6, 6.07) is 1.70. The first-order chi connectivity index (χ1) is 9.63. The smallest absolute Gasteiger partial charge is 0.255 e. The van der Waals surface area contributed by atoms with Crippen LogP contribution in [0.1, 0.15) is 50.4 Å². The van der Waals surface area contributed by atoms with E-state index in [1.54, 1.807) is 12.3 Å². The molecule has 0 fully saturated rings. The Balaban J connectivity index is 2.79. The Labute approximate surface area is 126 Å². The molecular weight excluding hydrogens is 274 g/mol. The number of aromatic nitrogens is 1. The third-order valence-electron chi connectivity index (χ3n) is 3.08. The summed E-state index contributed by atoms with van der Waals surface area (Å²) in [5.41, 5.74) is 0.551. The summed E-state index contributed by atoms with van der Waals surface area (Å²) >= 11 is 6.17. The van der Waals surface area contributed by atoms with Crippen LogP contribution in [0.15, 0.2) is 12.3 Å². The molecule has 0 saturated heterocycles. The van der Waals surface area contributed by atoms with Crippen LogP contribution in [0.5, 0.6) is 0 Å². The van der Waals surface area contributed by atoms with E-state index < -0.39 is 0 Å². The summed E-state index contributed by atoms with van der Waals surface area (Å²) in [6.45, 7) is 8.47. The molecule has 1 aromatic heterocycles. The van der Waals surface area contributed by atoms with Crippen molar-refractivity contribution in [2.45, 2.75) is 40.0 Å². The topological polar surface area (TPSA) is 45.2 Å². The monoisotopic (exact) mass is 297 g/mol. The number of pyridine rings is 1. The van der Waals surface area contributed by atoms with Crippen LogP contribution in [0.3, 0.4) is 0 Å². The largest absolute Gasteiger partial charge is 0.369 e. The van der Waals surface area contributed by atoms with Crippen LogP contribution in [-0.2, 0) is 0 Å². The van der Waals surface area contributed by atoms with Crippen molar-refractivity contribution in [1.82, 2.24) is 9.88 Å². The van der Waals surface area contributed by atoms with Crippen LogP contribution in [0, 0.1) is 0 Å². The van der Waals surface area contributed by atoms with E-state index in [1.165, 1.54) is 0 Å². The zero-order valence-corrected chi connectivity index (χ0v) is 13.3. The molecular formula is C15H24ClN3O. The fourth-order valence-corrected chi connectivity index (χ4v) is 2.10. The van der Waals surface area contributed by atoms with E-state index in [1.807, 2.05) is 11.8 Å². The lowest BCUT2D eigenvalue weighted by Gasteiger charge is -2.20. The number of nitrogens with one attached hydrogen (secondary N) is 1. The fourth-order valence-electron chi connectivity index (χ4n) is 1.86. The second-order valence-corrected chi connectivity index (χ2v) is 5.13. The van der Waals surface area contributed by atoms with E-state index in [9.17, 15) is 4.79 Å². The van der Waals surface area contributed by atoms with Crippen LogP contribution < -0.4 is 5.32 Å². The van der Waals surface area contributed by atoms with Crippen molar-refractivity contribution in [3.8, 4) is 0 Å². The van der Waals surface area contributed by atoms with Gasteiger partial charge in [0.1, 0.15) is 5.82 Å². The first-order valence-electron chi connectivity index (χ1n) is 7.32. The van der Waals surface area contributed by atoms with Gasteiger partial charge in [0.05, 0.1) is 10.6 Å². The molecule has 1 aromatic rings. The van der Waals surface area contributed by atoms with E-state index in [-0.39, 0.29) is 5.91 Å². The lowest BCUT2D eigenvalue weighted by atomic mass is 10.2. The van der Waals surface area contributed by atoms with Gasteiger partial charge in [0, 0.05) is 25.8 Å². The minimum atomic E-state index is -0.00242. The number of nitrogens with zero attached hydrogens (tertiary/aromatic N) is 2. The van der Waals surface area contributed by atoms with Crippen LogP contribution in [-0.4, -0.2) is 35.4 Å². The molecule has 0 aromatic carbocycles. The summed E-state index contributed by atoms with van der Waals surface area (Å²) in [7, 11) is 0. The zero-order valence-electron chi connectivity index (χ0n) is 12.6. The van der Waals surface area contributed by atoms with Gasteiger partial charge in [-0.1, -0.05) is 31.9 Å². The Morgan fingerprint density at radius 1 is 1.35 bits per heavy atom. The highest BCUT2D eigenvalue weighted by molar-refractivity contribution is 6.33. The number of anilines is 1. The third kappa shape index (κ3) is 4.67. The summed E-state index contributed by atoms with van der Waals surface area (Å²) in [5, 5.41) is 3.63. The normalized spacial score (nSPS) is 10.4. The summed E-state index contributed by atoms with van der Waals surface area (Å²) in [6.07, 6.45) is 4.68. The average Bonchev–Trinajstić information content (AvgIpc) is 2.46. The lowest BCUT2D eigenvalue weighted by molar-refractivity contribution is 0.0762. The Kier molecular flexibility index (Phi) is 7.37.